The van der Waals surface area contributed by atoms with E-state index >= 15 is 0 Å². The highest BCUT2D eigenvalue weighted by Gasteiger charge is 1.96. The minimum absolute atomic E-state index is 0.675. The van der Waals surface area contributed by atoms with Gasteiger partial charge >= 0.3 is 0 Å². The van der Waals surface area contributed by atoms with E-state index in [1.807, 2.05) is 6.07 Å². The van der Waals surface area contributed by atoms with Gasteiger partial charge in [-0.3, -0.25) is 0 Å². The Morgan fingerprint density at radius 2 is 1.59 bits per heavy atom. The summed E-state index contributed by atoms with van der Waals surface area (Å²) in [5.41, 5.74) is 0. The summed E-state index contributed by atoms with van der Waals surface area (Å²) in [5, 5.41) is 3.98. The van der Waals surface area contributed by atoms with Crippen LogP contribution in [0.2, 0.25) is 0 Å². The van der Waals surface area contributed by atoms with Gasteiger partial charge in [-0.1, -0.05) is 11.8 Å². The van der Waals surface area contributed by atoms with Crippen LogP contribution >= 0.6 is 11.8 Å². The van der Waals surface area contributed by atoms with Crippen LogP contribution in [0, 0.1) is 0 Å². The van der Waals surface area contributed by atoms with Crippen LogP contribution in [0.3, 0.4) is 0 Å². The van der Waals surface area contributed by atoms with Crippen molar-refractivity contribution in [3.63, 3.8) is 0 Å². The number of nitrogens with zero attached hydrogens (tertiary/aromatic N) is 4. The Hall–Kier alpha value is -1.69. The van der Waals surface area contributed by atoms with Crippen molar-refractivity contribution in [3.05, 3.63) is 36.9 Å². The lowest BCUT2D eigenvalue weighted by atomic mass is 10.5. The molecule has 0 unspecified atom stereocenters. The van der Waals surface area contributed by atoms with Gasteiger partial charge in [0, 0.05) is 37.1 Å². The quantitative estimate of drug-likeness (QED) is 0.477. The zero-order valence-corrected chi connectivity index (χ0v) is 10.1. The van der Waals surface area contributed by atoms with E-state index in [1.54, 1.807) is 42.6 Å². The topological polar surface area (TPSA) is 63.6 Å². The summed E-state index contributed by atoms with van der Waals surface area (Å²) >= 11 is 1.65. The lowest BCUT2D eigenvalue weighted by Gasteiger charge is -2.03. The van der Waals surface area contributed by atoms with Crippen LogP contribution in [0.25, 0.3) is 0 Å². The highest BCUT2D eigenvalue weighted by molar-refractivity contribution is 7.99. The summed E-state index contributed by atoms with van der Waals surface area (Å²) < 4.78 is 0. The van der Waals surface area contributed by atoms with Crippen molar-refractivity contribution in [2.45, 2.75) is 11.6 Å². The molecule has 88 valence electrons. The minimum atomic E-state index is 0.675. The summed E-state index contributed by atoms with van der Waals surface area (Å²) in [6.07, 6.45) is 7.97. The van der Waals surface area contributed by atoms with Crippen LogP contribution in [0.15, 0.2) is 42.1 Å². The normalized spacial score (nSPS) is 10.1. The molecule has 0 atom stereocenters. The minimum Gasteiger partial charge on any atom is -0.354 e. The number of aromatic nitrogens is 4. The van der Waals surface area contributed by atoms with Gasteiger partial charge in [0.1, 0.15) is 0 Å². The van der Waals surface area contributed by atoms with Crippen LogP contribution in [-0.2, 0) is 0 Å². The van der Waals surface area contributed by atoms with Gasteiger partial charge < -0.3 is 5.32 Å². The Labute approximate surface area is 104 Å². The number of thioether (sulfide) groups is 1. The largest absolute Gasteiger partial charge is 0.354 e. The number of hydrogen-bond donors (Lipinski definition) is 1. The van der Waals surface area contributed by atoms with Crippen LogP contribution in [-0.4, -0.2) is 32.2 Å². The van der Waals surface area contributed by atoms with Crippen LogP contribution < -0.4 is 5.32 Å². The van der Waals surface area contributed by atoms with E-state index in [0.29, 0.717) is 5.95 Å². The van der Waals surface area contributed by atoms with Crippen LogP contribution in [0.5, 0.6) is 0 Å². The fraction of sp³-hybridized carbons (Fsp3) is 0.273. The maximum atomic E-state index is 4.14. The average Bonchev–Trinajstić information content (AvgIpc) is 2.41. The molecule has 5 nitrogen and oxygen atoms in total. The van der Waals surface area contributed by atoms with E-state index in [2.05, 4.69) is 25.3 Å². The Morgan fingerprint density at radius 3 is 2.29 bits per heavy atom. The predicted octanol–water partition coefficient (Wildman–Crippen LogP) is 1.86. The summed E-state index contributed by atoms with van der Waals surface area (Å²) in [4.78, 5) is 16.4. The lowest BCUT2D eigenvalue weighted by Crippen LogP contribution is -2.05. The zero-order valence-electron chi connectivity index (χ0n) is 9.28. The smallest absolute Gasteiger partial charge is 0.222 e. The molecule has 17 heavy (non-hydrogen) atoms. The zero-order chi connectivity index (χ0) is 11.8. The van der Waals surface area contributed by atoms with Gasteiger partial charge in [0.2, 0.25) is 5.95 Å². The molecule has 2 aromatic rings. The summed E-state index contributed by atoms with van der Waals surface area (Å²) in [7, 11) is 0. The first-order valence-corrected chi connectivity index (χ1v) is 6.34. The first-order chi connectivity index (χ1) is 8.45. The number of hydrogen-bond acceptors (Lipinski definition) is 6. The molecule has 2 aromatic heterocycles. The van der Waals surface area contributed by atoms with E-state index in [-0.39, 0.29) is 0 Å². The molecule has 1 N–H and O–H groups in total. The second-order valence-electron chi connectivity index (χ2n) is 3.23. The number of nitrogens with one attached hydrogen (secondary N) is 1. The second kappa shape index (κ2) is 6.80. The Kier molecular flexibility index (Phi) is 4.71. The third-order valence-corrected chi connectivity index (χ3v) is 2.91. The molecule has 0 bridgehead atoms. The van der Waals surface area contributed by atoms with Crippen molar-refractivity contribution >= 4 is 17.7 Å². The van der Waals surface area contributed by atoms with E-state index < -0.39 is 0 Å². The van der Waals surface area contributed by atoms with Crippen LogP contribution in [0.1, 0.15) is 6.42 Å². The van der Waals surface area contributed by atoms with Gasteiger partial charge in [-0.2, -0.15) is 0 Å². The van der Waals surface area contributed by atoms with Crippen LogP contribution in [0.4, 0.5) is 5.95 Å². The molecule has 2 heterocycles. The Balaban J connectivity index is 1.61. The highest BCUT2D eigenvalue weighted by atomic mass is 32.2. The molecule has 0 radical (unpaired) electrons. The van der Waals surface area contributed by atoms with Crippen molar-refractivity contribution in [3.8, 4) is 0 Å². The van der Waals surface area contributed by atoms with Gasteiger partial charge in [-0.15, -0.1) is 0 Å². The molecule has 0 aliphatic heterocycles. The van der Waals surface area contributed by atoms with Crippen molar-refractivity contribution in [1.29, 1.82) is 0 Å². The molecule has 2 rings (SSSR count). The standard InChI is InChI=1S/C11H13N5S/c1-4-12-10(13-5-1)14-8-3-9-17-11-15-6-2-7-16-11/h1-2,4-7H,3,8-9H2,(H,12,13,14). The molecular formula is C11H13N5S. The SMILES string of the molecule is c1cnc(NCCCSc2ncccn2)nc1. The van der Waals surface area contributed by atoms with E-state index in [1.165, 1.54) is 0 Å². The third kappa shape index (κ3) is 4.36. The fourth-order valence-corrected chi connectivity index (χ4v) is 1.93. The summed E-state index contributed by atoms with van der Waals surface area (Å²) in [6, 6.07) is 3.62. The number of anilines is 1. The summed E-state index contributed by atoms with van der Waals surface area (Å²) in [5.74, 6) is 1.65. The first-order valence-electron chi connectivity index (χ1n) is 5.36. The van der Waals surface area contributed by atoms with Gasteiger partial charge in [0.15, 0.2) is 5.16 Å². The lowest BCUT2D eigenvalue weighted by molar-refractivity contribution is 0.938. The first kappa shape index (κ1) is 11.8. The second-order valence-corrected chi connectivity index (χ2v) is 4.29. The van der Waals surface area contributed by atoms with Crippen molar-refractivity contribution < 1.29 is 0 Å². The van der Waals surface area contributed by atoms with Crippen molar-refractivity contribution in [2.75, 3.05) is 17.6 Å². The molecule has 0 fully saturated rings. The monoisotopic (exact) mass is 247 g/mol. The molecule has 6 heteroatoms. The number of rotatable bonds is 6. The Morgan fingerprint density at radius 1 is 0.941 bits per heavy atom. The molecule has 0 spiro atoms. The van der Waals surface area contributed by atoms with Crippen molar-refractivity contribution in [2.24, 2.45) is 0 Å². The molecular weight excluding hydrogens is 234 g/mol. The van der Waals surface area contributed by atoms with Gasteiger partial charge in [0.25, 0.3) is 0 Å². The summed E-state index contributed by atoms with van der Waals surface area (Å²) in [6.45, 7) is 0.851. The molecule has 0 amide bonds. The molecule has 0 aromatic carbocycles. The van der Waals surface area contributed by atoms with Gasteiger partial charge in [0.05, 0.1) is 0 Å². The maximum absolute atomic E-state index is 4.14. The fourth-order valence-electron chi connectivity index (χ4n) is 1.19. The molecule has 0 aliphatic carbocycles. The highest BCUT2D eigenvalue weighted by Crippen LogP contribution is 2.11. The molecule has 0 saturated carbocycles. The average molecular weight is 247 g/mol. The third-order valence-electron chi connectivity index (χ3n) is 1.94. The molecule has 0 saturated heterocycles. The van der Waals surface area contributed by atoms with Gasteiger partial charge in [-0.25, -0.2) is 19.9 Å². The van der Waals surface area contributed by atoms with E-state index in [4.69, 9.17) is 0 Å². The molecule has 0 aliphatic rings. The Bertz CT molecular complexity index is 381. The van der Waals surface area contributed by atoms with Gasteiger partial charge in [-0.05, 0) is 18.6 Å². The van der Waals surface area contributed by atoms with E-state index in [9.17, 15) is 0 Å². The predicted molar refractivity (Wildman–Crippen MR) is 67.9 cm³/mol. The van der Waals surface area contributed by atoms with E-state index in [0.717, 1.165) is 23.9 Å². The van der Waals surface area contributed by atoms with Crippen molar-refractivity contribution in [1.82, 2.24) is 19.9 Å². The maximum Gasteiger partial charge on any atom is 0.222 e.